The third-order valence-electron chi connectivity index (χ3n) is 4.59. The molecule has 1 aliphatic rings. The standard InChI is InChI=1S/C22H30N2S/c1-22(2,3)23-25(6,17-12-8-7-9-13-17)21-16-20(24(4)5)18-14-10-11-15-19(18)21/h7-16,21,23H,1-6H3. The summed E-state index contributed by atoms with van der Waals surface area (Å²) >= 11 is 0. The zero-order chi connectivity index (χ0) is 18.2. The Hall–Kier alpha value is -1.71. The van der Waals surface area contributed by atoms with Crippen LogP contribution in [0.1, 0.15) is 37.1 Å². The topological polar surface area (TPSA) is 15.3 Å². The second-order valence-electron chi connectivity index (χ2n) is 8.10. The van der Waals surface area contributed by atoms with Crippen molar-refractivity contribution in [2.24, 2.45) is 0 Å². The van der Waals surface area contributed by atoms with E-state index in [0.717, 1.165) is 0 Å². The lowest BCUT2D eigenvalue weighted by molar-refractivity contribution is 0.528. The summed E-state index contributed by atoms with van der Waals surface area (Å²) in [6.07, 6.45) is 4.88. The Bertz CT molecular complexity index is 774. The molecule has 2 aromatic carbocycles. The minimum Gasteiger partial charge on any atom is -0.377 e. The molecule has 3 heteroatoms. The third kappa shape index (κ3) is 3.49. The van der Waals surface area contributed by atoms with Gasteiger partial charge in [0.1, 0.15) is 0 Å². The van der Waals surface area contributed by atoms with Gasteiger partial charge >= 0.3 is 0 Å². The predicted molar refractivity (Wildman–Crippen MR) is 112 cm³/mol. The van der Waals surface area contributed by atoms with Gasteiger partial charge in [0.2, 0.25) is 0 Å². The largest absolute Gasteiger partial charge is 0.377 e. The highest BCUT2D eigenvalue weighted by Gasteiger charge is 2.38. The van der Waals surface area contributed by atoms with Crippen molar-refractivity contribution in [2.75, 3.05) is 20.4 Å². The van der Waals surface area contributed by atoms with E-state index in [0.29, 0.717) is 5.25 Å². The molecule has 1 aliphatic carbocycles. The molecule has 2 atom stereocenters. The summed E-state index contributed by atoms with van der Waals surface area (Å²) in [7, 11) is 2.99. The van der Waals surface area contributed by atoms with Gasteiger partial charge in [-0.05, 0) is 50.8 Å². The molecule has 1 N–H and O–H groups in total. The molecule has 0 aromatic heterocycles. The number of rotatable bonds is 4. The maximum absolute atomic E-state index is 4.01. The summed E-state index contributed by atoms with van der Waals surface area (Å²) in [5.41, 5.74) is 4.17. The first-order valence-electron chi connectivity index (χ1n) is 8.82. The Balaban J connectivity index is 2.18. The molecule has 0 fully saturated rings. The third-order valence-corrected chi connectivity index (χ3v) is 8.29. The molecule has 0 heterocycles. The summed E-state index contributed by atoms with van der Waals surface area (Å²) in [4.78, 5) is 3.64. The van der Waals surface area contributed by atoms with Gasteiger partial charge in [-0.15, -0.1) is 0 Å². The van der Waals surface area contributed by atoms with Crippen molar-refractivity contribution in [3.63, 3.8) is 0 Å². The molecule has 134 valence electrons. The number of fused-ring (bicyclic) bond motifs is 1. The highest BCUT2D eigenvalue weighted by molar-refractivity contribution is 8.32. The van der Waals surface area contributed by atoms with Crippen molar-refractivity contribution in [3.8, 4) is 0 Å². The zero-order valence-corrected chi connectivity index (χ0v) is 17.0. The van der Waals surface area contributed by atoms with Gasteiger partial charge in [-0.2, -0.15) is 10.2 Å². The molecule has 2 unspecified atom stereocenters. The fourth-order valence-electron chi connectivity index (χ4n) is 3.69. The van der Waals surface area contributed by atoms with Gasteiger partial charge in [0.15, 0.2) is 0 Å². The van der Waals surface area contributed by atoms with E-state index >= 15 is 0 Å². The average molecular weight is 355 g/mol. The Labute approximate surface area is 154 Å². The van der Waals surface area contributed by atoms with Crippen LogP contribution in [0.4, 0.5) is 0 Å². The van der Waals surface area contributed by atoms with E-state index in [1.807, 2.05) is 0 Å². The summed E-state index contributed by atoms with van der Waals surface area (Å²) in [6, 6.07) is 19.8. The Morgan fingerprint density at radius 1 is 0.920 bits per heavy atom. The second-order valence-corrected chi connectivity index (χ2v) is 11.2. The van der Waals surface area contributed by atoms with E-state index in [4.69, 9.17) is 0 Å². The summed E-state index contributed by atoms with van der Waals surface area (Å²) in [5, 5.41) is 0.364. The maximum atomic E-state index is 4.01. The lowest BCUT2D eigenvalue weighted by Gasteiger charge is -2.47. The van der Waals surface area contributed by atoms with E-state index in [1.165, 1.54) is 21.7 Å². The van der Waals surface area contributed by atoms with E-state index < -0.39 is 10.2 Å². The first-order chi connectivity index (χ1) is 11.7. The molecular weight excluding hydrogens is 324 g/mol. The van der Waals surface area contributed by atoms with Crippen molar-refractivity contribution in [2.45, 2.75) is 36.5 Å². The van der Waals surface area contributed by atoms with Crippen molar-refractivity contribution in [3.05, 3.63) is 71.8 Å². The summed E-state index contributed by atoms with van der Waals surface area (Å²) < 4.78 is 4.01. The molecule has 0 radical (unpaired) electrons. The number of benzene rings is 2. The van der Waals surface area contributed by atoms with Crippen LogP contribution < -0.4 is 4.72 Å². The van der Waals surface area contributed by atoms with Crippen LogP contribution in [0.5, 0.6) is 0 Å². The van der Waals surface area contributed by atoms with Crippen LogP contribution in [-0.2, 0) is 0 Å². The van der Waals surface area contributed by atoms with E-state index in [-0.39, 0.29) is 5.54 Å². The molecule has 25 heavy (non-hydrogen) atoms. The van der Waals surface area contributed by atoms with Gasteiger partial charge in [-0.25, -0.2) is 0 Å². The average Bonchev–Trinajstić information content (AvgIpc) is 2.94. The summed E-state index contributed by atoms with van der Waals surface area (Å²) in [6.45, 7) is 6.79. The molecule has 0 aliphatic heterocycles. The van der Waals surface area contributed by atoms with Gasteiger partial charge in [0.05, 0.1) is 5.25 Å². The molecule has 3 rings (SSSR count). The molecule has 0 saturated heterocycles. The SMILES string of the molecule is CN(C)C1=CC(S(C)(NC(C)(C)C)c2ccccc2)c2ccccc21. The quantitative estimate of drug-likeness (QED) is 0.786. The smallest absolute Gasteiger partial charge is 0.0502 e. The number of nitrogens with one attached hydrogen (secondary N) is 1. The molecule has 0 spiro atoms. The maximum Gasteiger partial charge on any atom is 0.0502 e. The van der Waals surface area contributed by atoms with Gasteiger partial charge in [0.25, 0.3) is 0 Å². The zero-order valence-electron chi connectivity index (χ0n) is 16.2. The van der Waals surface area contributed by atoms with Crippen LogP contribution in [0.15, 0.2) is 65.6 Å². The van der Waals surface area contributed by atoms with Gasteiger partial charge < -0.3 is 4.90 Å². The molecule has 2 nitrogen and oxygen atoms in total. The van der Waals surface area contributed by atoms with Crippen LogP contribution in [0.3, 0.4) is 0 Å². The highest BCUT2D eigenvalue weighted by Crippen LogP contribution is 2.65. The first kappa shape index (κ1) is 18.1. The van der Waals surface area contributed by atoms with Gasteiger partial charge in [-0.1, -0.05) is 42.5 Å². The lowest BCUT2D eigenvalue weighted by Crippen LogP contribution is -2.39. The Kier molecular flexibility index (Phi) is 4.74. The van der Waals surface area contributed by atoms with Crippen LogP contribution >= 0.6 is 10.2 Å². The monoisotopic (exact) mass is 354 g/mol. The highest BCUT2D eigenvalue weighted by atomic mass is 32.3. The van der Waals surface area contributed by atoms with Crippen molar-refractivity contribution in [1.29, 1.82) is 0 Å². The molecular formula is C22H30N2S. The molecule has 2 aromatic rings. The fourth-order valence-corrected chi connectivity index (χ4v) is 7.34. The number of hydrogen-bond acceptors (Lipinski definition) is 2. The fraction of sp³-hybridized carbons (Fsp3) is 0.364. The Morgan fingerprint density at radius 3 is 2.12 bits per heavy atom. The number of nitrogens with zero attached hydrogens (tertiary/aromatic N) is 1. The minimum absolute atomic E-state index is 0.0452. The normalized spacial score (nSPS) is 20.4. The van der Waals surface area contributed by atoms with Crippen molar-refractivity contribution >= 4 is 15.9 Å². The molecule has 0 amide bonds. The van der Waals surface area contributed by atoms with Crippen LogP contribution in [0, 0.1) is 0 Å². The van der Waals surface area contributed by atoms with Crippen LogP contribution in [0.2, 0.25) is 0 Å². The predicted octanol–water partition coefficient (Wildman–Crippen LogP) is 5.44. The van der Waals surface area contributed by atoms with Crippen LogP contribution in [-0.4, -0.2) is 30.8 Å². The van der Waals surface area contributed by atoms with E-state index in [1.54, 1.807) is 0 Å². The van der Waals surface area contributed by atoms with Crippen molar-refractivity contribution in [1.82, 2.24) is 9.62 Å². The van der Waals surface area contributed by atoms with Gasteiger partial charge in [-0.3, -0.25) is 4.72 Å². The second kappa shape index (κ2) is 6.54. The molecule has 0 saturated carbocycles. The van der Waals surface area contributed by atoms with E-state index in [2.05, 4.69) is 111 Å². The van der Waals surface area contributed by atoms with Gasteiger partial charge in [0, 0.05) is 35.8 Å². The van der Waals surface area contributed by atoms with Crippen LogP contribution in [0.25, 0.3) is 5.70 Å². The minimum atomic E-state index is -1.29. The van der Waals surface area contributed by atoms with E-state index in [9.17, 15) is 0 Å². The number of hydrogen-bond donors (Lipinski definition) is 1. The summed E-state index contributed by atoms with van der Waals surface area (Å²) in [5.74, 6) is 0. The lowest BCUT2D eigenvalue weighted by atomic mass is 10.1. The first-order valence-corrected chi connectivity index (χ1v) is 10.9. The Morgan fingerprint density at radius 2 is 1.52 bits per heavy atom. The molecule has 0 bridgehead atoms. The van der Waals surface area contributed by atoms with Crippen molar-refractivity contribution < 1.29 is 0 Å².